The van der Waals surface area contributed by atoms with Crippen LogP contribution in [0.25, 0.3) is 22.4 Å². The van der Waals surface area contributed by atoms with Crippen molar-refractivity contribution in [3.63, 3.8) is 0 Å². The summed E-state index contributed by atoms with van der Waals surface area (Å²) >= 11 is 0.819. The summed E-state index contributed by atoms with van der Waals surface area (Å²) in [5.41, 5.74) is 1.16. The van der Waals surface area contributed by atoms with Gasteiger partial charge in [-0.05, 0) is 42.0 Å². The second kappa shape index (κ2) is 11.2. The minimum absolute atomic E-state index is 0.00456. The summed E-state index contributed by atoms with van der Waals surface area (Å²) in [5.74, 6) is 3.18. The van der Waals surface area contributed by atoms with Crippen LogP contribution in [-0.4, -0.2) is 47.6 Å². The highest BCUT2D eigenvalue weighted by Crippen LogP contribution is 2.41. The molecular weight excluding hydrogens is 500 g/mol. The molecule has 36 heavy (non-hydrogen) atoms. The van der Waals surface area contributed by atoms with Gasteiger partial charge in [0.15, 0.2) is 0 Å². The van der Waals surface area contributed by atoms with Crippen LogP contribution < -0.4 is 10.8 Å². The average Bonchev–Trinajstić information content (AvgIpc) is 2.87. The van der Waals surface area contributed by atoms with Crippen LogP contribution in [0.2, 0.25) is 0 Å². The van der Waals surface area contributed by atoms with Crippen LogP contribution in [0.5, 0.6) is 0 Å². The van der Waals surface area contributed by atoms with Crippen molar-refractivity contribution in [2.75, 3.05) is 37.6 Å². The molecule has 0 atom stereocenters. The Labute approximate surface area is 208 Å². The van der Waals surface area contributed by atoms with E-state index >= 15 is 0 Å². The van der Waals surface area contributed by atoms with Crippen LogP contribution in [-0.2, 0) is 15.5 Å². The second-order valence-electron chi connectivity index (χ2n) is 7.80. The van der Waals surface area contributed by atoms with Crippen LogP contribution in [0.15, 0.2) is 53.4 Å². The molecule has 0 spiro atoms. The zero-order valence-electron chi connectivity index (χ0n) is 18.7. The first-order valence-corrected chi connectivity index (χ1v) is 11.4. The minimum Gasteiger partial charge on any atom is -0.353 e. The fourth-order valence-corrected chi connectivity index (χ4v) is 4.29. The highest BCUT2D eigenvalue weighted by molar-refractivity contribution is 7.94. The smallest absolute Gasteiger partial charge is 0.353 e. The molecule has 0 unspecified atom stereocenters. The molecule has 4 rings (SSSR count). The number of hydrogen-bond donors (Lipinski definition) is 1. The Hall–Kier alpha value is -3.28. The molecule has 13 heteroatoms. The normalized spacial score (nSPS) is 14.6. The molecule has 0 aliphatic carbocycles. The number of anilines is 1. The highest BCUT2D eigenvalue weighted by Gasteiger charge is 2.38. The van der Waals surface area contributed by atoms with E-state index in [1.807, 2.05) is 4.90 Å². The van der Waals surface area contributed by atoms with Gasteiger partial charge in [-0.15, -0.1) is 9.32 Å². The molecule has 2 heterocycles. The molecule has 8 nitrogen and oxygen atoms in total. The van der Waals surface area contributed by atoms with Crippen molar-refractivity contribution in [3.05, 3.63) is 60.2 Å². The topological polar surface area (TPSA) is 101 Å². The van der Waals surface area contributed by atoms with Crippen LogP contribution in [0.3, 0.4) is 0 Å². The lowest BCUT2D eigenvalue weighted by Gasteiger charge is -2.35. The number of rotatable bonds is 7. The zero-order chi connectivity index (χ0) is 25.7. The first kappa shape index (κ1) is 25.8. The Morgan fingerprint density at radius 2 is 1.75 bits per heavy atom. The van der Waals surface area contributed by atoms with E-state index in [2.05, 4.69) is 21.0 Å². The largest absolute Gasteiger partial charge is 0.451 e. The number of piperazine rings is 1. The van der Waals surface area contributed by atoms with Gasteiger partial charge in [-0.1, -0.05) is 12.1 Å². The van der Waals surface area contributed by atoms with E-state index in [0.717, 1.165) is 24.2 Å². The van der Waals surface area contributed by atoms with Gasteiger partial charge in [-0.2, -0.15) is 24.3 Å². The second-order valence-corrected chi connectivity index (χ2v) is 8.57. The van der Waals surface area contributed by atoms with Crippen molar-refractivity contribution < 1.29 is 26.9 Å². The van der Waals surface area contributed by atoms with E-state index < -0.39 is 17.8 Å². The van der Waals surface area contributed by atoms with Gasteiger partial charge in [0.2, 0.25) is 5.82 Å². The third-order valence-corrected chi connectivity index (χ3v) is 6.11. The van der Waals surface area contributed by atoms with Gasteiger partial charge in [-0.3, -0.25) is 4.90 Å². The highest BCUT2D eigenvalue weighted by atomic mass is 32.2. The van der Waals surface area contributed by atoms with Gasteiger partial charge in [0, 0.05) is 36.6 Å². The molecular formula is C23H20F4N6O2S. The van der Waals surface area contributed by atoms with E-state index in [4.69, 9.17) is 15.5 Å². The summed E-state index contributed by atoms with van der Waals surface area (Å²) in [6, 6.07) is 13.9. The number of nitriles is 1. The summed E-state index contributed by atoms with van der Waals surface area (Å²) in [4.78, 5) is 16.2. The van der Waals surface area contributed by atoms with Crippen LogP contribution in [0.4, 0.5) is 23.4 Å². The molecule has 1 aliphatic rings. The van der Waals surface area contributed by atoms with Crippen LogP contribution in [0.1, 0.15) is 5.82 Å². The van der Waals surface area contributed by atoms with Crippen molar-refractivity contribution in [2.24, 2.45) is 5.90 Å². The lowest BCUT2D eigenvalue weighted by Crippen LogP contribution is -2.47. The summed E-state index contributed by atoms with van der Waals surface area (Å²) in [5, 5.41) is 8.98. The van der Waals surface area contributed by atoms with Gasteiger partial charge in [-0.25, -0.2) is 14.4 Å². The van der Waals surface area contributed by atoms with E-state index in [0.29, 0.717) is 47.8 Å². The number of nitrogens with zero attached hydrogens (tertiary/aromatic N) is 5. The Bertz CT molecular complexity index is 1240. The summed E-state index contributed by atoms with van der Waals surface area (Å²) in [6.45, 7) is 1.88. The number of nitrogens with two attached hydrogens (primary N) is 1. The molecule has 2 N–H and O–H groups in total. The quantitative estimate of drug-likeness (QED) is 0.159. The van der Waals surface area contributed by atoms with E-state index in [-0.39, 0.29) is 18.1 Å². The Balaban J connectivity index is 1.92. The van der Waals surface area contributed by atoms with Crippen LogP contribution >= 0.6 is 12.0 Å². The minimum atomic E-state index is -4.81. The third-order valence-electron chi connectivity index (χ3n) is 5.52. The number of alkyl halides is 3. The maximum Gasteiger partial charge on any atom is 0.451 e. The Morgan fingerprint density at radius 3 is 2.39 bits per heavy atom. The van der Waals surface area contributed by atoms with E-state index in [9.17, 15) is 17.6 Å². The van der Waals surface area contributed by atoms with Crippen molar-refractivity contribution >= 4 is 17.9 Å². The molecule has 1 aliphatic heterocycles. The molecule has 1 saturated heterocycles. The number of benzene rings is 2. The monoisotopic (exact) mass is 520 g/mol. The summed E-state index contributed by atoms with van der Waals surface area (Å²) in [6.07, 6.45) is -4.81. The molecule has 0 radical (unpaired) electrons. The molecule has 188 valence electrons. The lowest BCUT2D eigenvalue weighted by molar-refractivity contribution is -0.195. The molecule has 2 aromatic carbocycles. The predicted octanol–water partition coefficient (Wildman–Crippen LogP) is 4.44. The van der Waals surface area contributed by atoms with Crippen LogP contribution in [0, 0.1) is 17.1 Å². The molecule has 1 fully saturated rings. The van der Waals surface area contributed by atoms with Gasteiger partial charge >= 0.3 is 6.18 Å². The summed E-state index contributed by atoms with van der Waals surface area (Å²) in [7, 11) is 0. The zero-order valence-corrected chi connectivity index (χ0v) is 19.5. The summed E-state index contributed by atoms with van der Waals surface area (Å²) < 4.78 is 60.1. The maximum atomic E-state index is 13.9. The first-order chi connectivity index (χ1) is 17.3. The number of hydrogen-bond acceptors (Lipinski definition) is 9. The molecule has 0 bridgehead atoms. The third kappa shape index (κ3) is 5.92. The Kier molecular flexibility index (Phi) is 8.02. The maximum absolute atomic E-state index is 13.9. The van der Waals surface area contributed by atoms with Gasteiger partial charge in [0.05, 0.1) is 35.9 Å². The fourth-order valence-electron chi connectivity index (χ4n) is 3.87. The van der Waals surface area contributed by atoms with E-state index in [1.54, 1.807) is 29.2 Å². The van der Waals surface area contributed by atoms with Crippen molar-refractivity contribution in [1.82, 2.24) is 14.9 Å². The Morgan fingerprint density at radius 1 is 1.03 bits per heavy atom. The van der Waals surface area contributed by atoms with E-state index in [1.165, 1.54) is 12.1 Å². The first-order valence-electron chi connectivity index (χ1n) is 10.7. The van der Waals surface area contributed by atoms with Gasteiger partial charge in [0.1, 0.15) is 11.6 Å². The molecule has 0 amide bonds. The molecule has 0 saturated carbocycles. The molecule has 3 aromatic rings. The number of halogens is 4. The predicted molar refractivity (Wildman–Crippen MR) is 124 cm³/mol. The lowest BCUT2D eigenvalue weighted by atomic mass is 9.98. The molecule has 1 aromatic heterocycles. The van der Waals surface area contributed by atoms with Gasteiger partial charge < -0.3 is 4.90 Å². The SMILES string of the molecule is N#CCN1CCN(c2nc(C(F)(F)F)nc(-c3ccc(F)cc3)c2-c2cccc(SOON)c2)CC1. The fraction of sp³-hybridized carbons (Fsp3) is 0.261. The van der Waals surface area contributed by atoms with Crippen molar-refractivity contribution in [1.29, 1.82) is 5.26 Å². The standard InChI is InChI=1S/C23H20F4N6O2S/c24-17-6-4-15(5-7-17)20-19(16-2-1-3-18(14-16)36-35-34-29)21(31-22(30-20)23(25,26)27)33-12-10-32(9-8-28)11-13-33/h1-7,14H,9-13,29H2. The average molecular weight is 521 g/mol. The van der Waals surface area contributed by atoms with Crippen molar-refractivity contribution in [2.45, 2.75) is 11.1 Å². The number of aromatic nitrogens is 2. The van der Waals surface area contributed by atoms with Crippen molar-refractivity contribution in [3.8, 4) is 28.5 Å². The van der Waals surface area contributed by atoms with Gasteiger partial charge in [0.25, 0.3) is 0 Å².